The second-order valence-corrected chi connectivity index (χ2v) is 8.23. The summed E-state index contributed by atoms with van der Waals surface area (Å²) in [5.74, 6) is -1.27. The Bertz CT molecular complexity index is 1130. The highest BCUT2D eigenvalue weighted by atomic mass is 16.7. The number of cyclic esters (lactones) is 1. The first-order valence-electron chi connectivity index (χ1n) is 11.2. The van der Waals surface area contributed by atoms with Crippen molar-refractivity contribution in [2.24, 2.45) is 0 Å². The zero-order valence-electron chi connectivity index (χ0n) is 18.8. The molecule has 1 aliphatic heterocycles. The molecule has 3 aromatic rings. The van der Waals surface area contributed by atoms with Gasteiger partial charge in [-0.05, 0) is 30.2 Å². The number of esters is 1. The maximum atomic E-state index is 12.7. The smallest absolute Gasteiger partial charge is 0.310 e. The van der Waals surface area contributed by atoms with Gasteiger partial charge in [-0.1, -0.05) is 60.7 Å². The standard InChI is InChI=1S/C26H27N3O5/c1-17(27-25(32)21-13-12-20(28-21)14-18-8-4-2-5-9-18)24(31)29-22-15-23(30)34-26(22)33-16-19-10-6-3-7-11-19/h2-13,17,22,26,28H,14-16H2,1H3,(H,27,32)(H,29,31)/t17-,22?,26?/m0/s1. The summed E-state index contributed by atoms with van der Waals surface area (Å²) < 4.78 is 10.9. The number of benzene rings is 2. The average molecular weight is 462 g/mol. The summed E-state index contributed by atoms with van der Waals surface area (Å²) in [5, 5.41) is 5.44. The minimum Gasteiger partial charge on any atom is -0.433 e. The summed E-state index contributed by atoms with van der Waals surface area (Å²) in [6, 6.07) is 21.5. The van der Waals surface area contributed by atoms with E-state index in [4.69, 9.17) is 9.47 Å². The summed E-state index contributed by atoms with van der Waals surface area (Å²) in [5.41, 5.74) is 3.32. The highest BCUT2D eigenvalue weighted by Gasteiger charge is 2.37. The minimum absolute atomic E-state index is 0.00529. The Kier molecular flexibility index (Phi) is 7.39. The Hall–Kier alpha value is -3.91. The summed E-state index contributed by atoms with van der Waals surface area (Å²) in [6.45, 7) is 1.83. The molecule has 8 nitrogen and oxygen atoms in total. The lowest BCUT2D eigenvalue weighted by atomic mass is 10.1. The molecule has 1 aromatic heterocycles. The van der Waals surface area contributed by atoms with Crippen LogP contribution in [-0.2, 0) is 32.1 Å². The Morgan fingerprint density at radius 2 is 1.71 bits per heavy atom. The van der Waals surface area contributed by atoms with E-state index in [-0.39, 0.29) is 13.0 Å². The van der Waals surface area contributed by atoms with Crippen LogP contribution in [0.3, 0.4) is 0 Å². The van der Waals surface area contributed by atoms with E-state index >= 15 is 0 Å². The minimum atomic E-state index is -0.886. The van der Waals surface area contributed by atoms with E-state index in [0.717, 1.165) is 16.8 Å². The molecule has 2 unspecified atom stereocenters. The fourth-order valence-corrected chi connectivity index (χ4v) is 3.70. The second-order valence-electron chi connectivity index (χ2n) is 8.23. The van der Waals surface area contributed by atoms with Crippen molar-refractivity contribution in [3.63, 3.8) is 0 Å². The van der Waals surface area contributed by atoms with Crippen molar-refractivity contribution in [2.75, 3.05) is 0 Å². The van der Waals surface area contributed by atoms with Gasteiger partial charge in [-0.15, -0.1) is 0 Å². The molecule has 0 radical (unpaired) electrons. The molecule has 0 bridgehead atoms. The maximum absolute atomic E-state index is 12.7. The topological polar surface area (TPSA) is 110 Å². The molecule has 34 heavy (non-hydrogen) atoms. The van der Waals surface area contributed by atoms with Gasteiger partial charge in [0.2, 0.25) is 12.2 Å². The number of amides is 2. The van der Waals surface area contributed by atoms with Gasteiger partial charge in [-0.3, -0.25) is 14.4 Å². The van der Waals surface area contributed by atoms with Crippen LogP contribution in [0, 0.1) is 0 Å². The van der Waals surface area contributed by atoms with Gasteiger partial charge in [0.25, 0.3) is 5.91 Å². The molecule has 0 aliphatic carbocycles. The number of aromatic nitrogens is 1. The number of hydrogen-bond donors (Lipinski definition) is 3. The van der Waals surface area contributed by atoms with Crippen LogP contribution in [0.25, 0.3) is 0 Å². The number of aromatic amines is 1. The van der Waals surface area contributed by atoms with Crippen LogP contribution in [-0.4, -0.2) is 41.1 Å². The van der Waals surface area contributed by atoms with Crippen LogP contribution in [0.4, 0.5) is 0 Å². The van der Waals surface area contributed by atoms with Gasteiger partial charge >= 0.3 is 5.97 Å². The third-order valence-electron chi connectivity index (χ3n) is 5.52. The third-order valence-corrected chi connectivity index (χ3v) is 5.52. The Morgan fingerprint density at radius 3 is 2.41 bits per heavy atom. The van der Waals surface area contributed by atoms with Crippen molar-refractivity contribution in [3.8, 4) is 0 Å². The quantitative estimate of drug-likeness (QED) is 0.425. The fraction of sp³-hybridized carbons (Fsp3) is 0.269. The lowest BCUT2D eigenvalue weighted by Gasteiger charge is -2.21. The van der Waals surface area contributed by atoms with Gasteiger partial charge in [0.15, 0.2) is 0 Å². The number of H-pyrrole nitrogens is 1. The molecule has 2 aromatic carbocycles. The Balaban J connectivity index is 1.28. The van der Waals surface area contributed by atoms with Crippen molar-refractivity contribution >= 4 is 17.8 Å². The number of hydrogen-bond acceptors (Lipinski definition) is 5. The molecular weight excluding hydrogens is 434 g/mol. The Labute approximate surface area is 197 Å². The molecule has 0 spiro atoms. The van der Waals surface area contributed by atoms with Gasteiger partial charge in [0.1, 0.15) is 17.8 Å². The lowest BCUT2D eigenvalue weighted by Crippen LogP contribution is -2.50. The summed E-state index contributed by atoms with van der Waals surface area (Å²) in [6.07, 6.45) is -0.209. The fourth-order valence-electron chi connectivity index (χ4n) is 3.70. The van der Waals surface area contributed by atoms with Crippen LogP contribution < -0.4 is 10.6 Å². The van der Waals surface area contributed by atoms with Crippen LogP contribution in [0.15, 0.2) is 72.8 Å². The molecule has 3 N–H and O–H groups in total. The van der Waals surface area contributed by atoms with E-state index in [2.05, 4.69) is 15.6 Å². The van der Waals surface area contributed by atoms with Gasteiger partial charge in [0, 0.05) is 12.1 Å². The van der Waals surface area contributed by atoms with E-state index in [9.17, 15) is 14.4 Å². The number of rotatable bonds is 9. The zero-order chi connectivity index (χ0) is 23.9. The zero-order valence-corrected chi connectivity index (χ0v) is 18.8. The van der Waals surface area contributed by atoms with Crippen molar-refractivity contribution < 1.29 is 23.9 Å². The maximum Gasteiger partial charge on any atom is 0.310 e. The molecule has 1 aliphatic rings. The Morgan fingerprint density at radius 1 is 1.03 bits per heavy atom. The molecule has 176 valence electrons. The predicted molar refractivity (Wildman–Crippen MR) is 125 cm³/mol. The third kappa shape index (κ3) is 6.11. The number of nitrogens with one attached hydrogen (secondary N) is 3. The highest BCUT2D eigenvalue weighted by molar-refractivity contribution is 5.96. The number of carbonyl (C=O) groups excluding carboxylic acids is 3. The van der Waals surface area contributed by atoms with E-state index < -0.39 is 36.2 Å². The van der Waals surface area contributed by atoms with E-state index in [1.807, 2.05) is 66.7 Å². The van der Waals surface area contributed by atoms with E-state index in [0.29, 0.717) is 12.1 Å². The number of carbonyl (C=O) groups is 3. The highest BCUT2D eigenvalue weighted by Crippen LogP contribution is 2.18. The molecular formula is C26H27N3O5. The van der Waals surface area contributed by atoms with Gasteiger partial charge in [0.05, 0.1) is 13.0 Å². The molecule has 1 fully saturated rings. The van der Waals surface area contributed by atoms with Crippen LogP contribution >= 0.6 is 0 Å². The lowest BCUT2D eigenvalue weighted by molar-refractivity contribution is -0.168. The van der Waals surface area contributed by atoms with Crippen LogP contribution in [0.2, 0.25) is 0 Å². The molecule has 4 rings (SSSR count). The van der Waals surface area contributed by atoms with Crippen molar-refractivity contribution in [1.29, 1.82) is 0 Å². The van der Waals surface area contributed by atoms with Gasteiger partial charge < -0.3 is 25.1 Å². The SMILES string of the molecule is C[C@H](NC(=O)c1ccc(Cc2ccccc2)[nH]1)C(=O)NC1CC(=O)OC1OCc1ccccc1. The molecule has 1 saturated heterocycles. The number of ether oxygens (including phenoxy) is 2. The predicted octanol–water partition coefficient (Wildman–Crippen LogP) is 2.70. The van der Waals surface area contributed by atoms with Crippen molar-refractivity contribution in [1.82, 2.24) is 15.6 Å². The van der Waals surface area contributed by atoms with Gasteiger partial charge in [-0.25, -0.2) is 0 Å². The normalized spacial score (nSPS) is 18.2. The molecule has 0 saturated carbocycles. The van der Waals surface area contributed by atoms with Crippen LogP contribution in [0.1, 0.15) is 40.7 Å². The summed E-state index contributed by atoms with van der Waals surface area (Å²) in [7, 11) is 0. The van der Waals surface area contributed by atoms with E-state index in [1.165, 1.54) is 0 Å². The molecule has 2 amide bonds. The first kappa shape index (κ1) is 23.3. The van der Waals surface area contributed by atoms with Crippen LogP contribution in [0.5, 0.6) is 0 Å². The first-order valence-corrected chi connectivity index (χ1v) is 11.2. The van der Waals surface area contributed by atoms with E-state index in [1.54, 1.807) is 13.0 Å². The van der Waals surface area contributed by atoms with Gasteiger partial charge in [-0.2, -0.15) is 0 Å². The second kappa shape index (κ2) is 10.8. The largest absolute Gasteiger partial charge is 0.433 e. The molecule has 3 atom stereocenters. The average Bonchev–Trinajstić information content (AvgIpc) is 3.45. The molecule has 2 heterocycles. The summed E-state index contributed by atoms with van der Waals surface area (Å²) in [4.78, 5) is 40.2. The summed E-state index contributed by atoms with van der Waals surface area (Å²) >= 11 is 0. The van der Waals surface area contributed by atoms with Crippen molar-refractivity contribution in [2.45, 2.75) is 44.7 Å². The molecule has 8 heteroatoms. The first-order chi connectivity index (χ1) is 16.5. The van der Waals surface area contributed by atoms with Crippen molar-refractivity contribution in [3.05, 3.63) is 95.3 Å². The monoisotopic (exact) mass is 461 g/mol.